The van der Waals surface area contributed by atoms with Gasteiger partial charge in [-0.1, -0.05) is 6.92 Å². The topological polar surface area (TPSA) is 103 Å². The van der Waals surface area contributed by atoms with E-state index >= 15 is 0 Å². The van der Waals surface area contributed by atoms with Crippen LogP contribution in [0, 0.1) is 0 Å². The van der Waals surface area contributed by atoms with Crippen molar-refractivity contribution < 1.29 is 0 Å². The molecule has 10 heteroatoms. The molecule has 0 aromatic carbocycles. The van der Waals surface area contributed by atoms with Gasteiger partial charge in [0.2, 0.25) is 5.95 Å². The summed E-state index contributed by atoms with van der Waals surface area (Å²) in [5, 5.41) is 8.52. The van der Waals surface area contributed by atoms with E-state index in [1.165, 1.54) is 19.2 Å². The molecule has 5 heterocycles. The van der Waals surface area contributed by atoms with Gasteiger partial charge in [-0.15, -0.1) is 10.2 Å². The Labute approximate surface area is 166 Å². The van der Waals surface area contributed by atoms with Gasteiger partial charge in [0.1, 0.15) is 24.2 Å². The first-order chi connectivity index (χ1) is 14.3. The van der Waals surface area contributed by atoms with E-state index in [0.717, 1.165) is 29.3 Å². The minimum Gasteiger partial charge on any atom is -0.341 e. The van der Waals surface area contributed by atoms with Crippen LogP contribution in [-0.4, -0.2) is 50.3 Å². The molecule has 0 spiro atoms. The van der Waals surface area contributed by atoms with Crippen LogP contribution in [0.25, 0.3) is 23.0 Å². The van der Waals surface area contributed by atoms with Gasteiger partial charge in [-0.25, -0.2) is 19.9 Å². The van der Waals surface area contributed by atoms with Crippen LogP contribution < -0.4 is 4.90 Å². The Hall–Kier alpha value is -3.69. The Balaban J connectivity index is 1.52. The minimum absolute atomic E-state index is 0.157. The molecule has 0 N–H and O–H groups in total. The highest BCUT2D eigenvalue weighted by atomic mass is 15.4. The van der Waals surface area contributed by atoms with E-state index in [2.05, 4.69) is 42.0 Å². The Morgan fingerprint density at radius 1 is 1.07 bits per heavy atom. The van der Waals surface area contributed by atoms with Gasteiger partial charge in [-0.2, -0.15) is 4.98 Å². The van der Waals surface area contributed by atoms with E-state index in [-0.39, 0.29) is 6.04 Å². The summed E-state index contributed by atoms with van der Waals surface area (Å²) in [5.74, 6) is 3.14. The maximum absolute atomic E-state index is 4.98. The summed E-state index contributed by atoms with van der Waals surface area (Å²) in [7, 11) is 0. The smallest absolute Gasteiger partial charge is 0.237 e. The second-order valence-corrected chi connectivity index (χ2v) is 7.25. The normalized spacial score (nSPS) is 17.8. The zero-order valence-electron chi connectivity index (χ0n) is 15.8. The first kappa shape index (κ1) is 16.3. The molecule has 4 aromatic heterocycles. The van der Waals surface area contributed by atoms with Gasteiger partial charge in [0.05, 0.1) is 17.8 Å². The second kappa shape index (κ2) is 6.16. The van der Waals surface area contributed by atoms with Crippen LogP contribution in [0.15, 0.2) is 43.6 Å². The first-order valence-corrected chi connectivity index (χ1v) is 9.70. The molecule has 144 valence electrons. The number of imidazole rings is 1. The van der Waals surface area contributed by atoms with E-state index in [4.69, 9.17) is 4.98 Å². The van der Waals surface area contributed by atoms with Gasteiger partial charge < -0.3 is 4.90 Å². The fraction of sp³-hybridized carbons (Fsp3) is 0.316. The summed E-state index contributed by atoms with van der Waals surface area (Å²) >= 11 is 0. The lowest BCUT2D eigenvalue weighted by molar-refractivity contribution is 0.532. The van der Waals surface area contributed by atoms with Gasteiger partial charge in [0.25, 0.3) is 0 Å². The van der Waals surface area contributed by atoms with E-state index in [9.17, 15) is 0 Å². The molecule has 0 unspecified atom stereocenters. The fourth-order valence-electron chi connectivity index (χ4n) is 4.01. The number of hydrogen-bond donors (Lipinski definition) is 0. The molecule has 0 radical (unpaired) electrons. The molecule has 1 saturated carbocycles. The van der Waals surface area contributed by atoms with Crippen molar-refractivity contribution in [2.75, 3.05) is 4.90 Å². The average molecular weight is 386 g/mol. The Morgan fingerprint density at radius 3 is 2.72 bits per heavy atom. The predicted octanol–water partition coefficient (Wildman–Crippen LogP) is 2.13. The van der Waals surface area contributed by atoms with Crippen LogP contribution in [0.5, 0.6) is 0 Å². The van der Waals surface area contributed by atoms with Crippen molar-refractivity contribution in [1.29, 1.82) is 0 Å². The number of nitrogens with zero attached hydrogens (tertiary/aromatic N) is 10. The van der Waals surface area contributed by atoms with Gasteiger partial charge in [-0.3, -0.25) is 9.13 Å². The highest BCUT2D eigenvalue weighted by molar-refractivity contribution is 5.64. The summed E-state index contributed by atoms with van der Waals surface area (Å²) in [6.07, 6.45) is 15.4. The maximum atomic E-state index is 4.98. The Bertz CT molecular complexity index is 1180. The number of fused-ring (bicyclic) bond motifs is 3. The monoisotopic (exact) mass is 386 g/mol. The Morgan fingerprint density at radius 2 is 1.93 bits per heavy atom. The summed E-state index contributed by atoms with van der Waals surface area (Å²) in [6.45, 7) is 2.18. The number of hydrogen-bond acceptors (Lipinski definition) is 8. The van der Waals surface area contributed by atoms with Crippen LogP contribution in [0.3, 0.4) is 0 Å². The molecule has 0 amide bonds. The molecular weight excluding hydrogens is 368 g/mol. The third-order valence-corrected chi connectivity index (χ3v) is 5.45. The largest absolute Gasteiger partial charge is 0.341 e. The van der Waals surface area contributed by atoms with Gasteiger partial charge in [0.15, 0.2) is 11.6 Å². The molecule has 4 aromatic rings. The van der Waals surface area contributed by atoms with Crippen molar-refractivity contribution in [3.8, 4) is 23.0 Å². The maximum Gasteiger partial charge on any atom is 0.237 e. The summed E-state index contributed by atoms with van der Waals surface area (Å²) in [4.78, 5) is 24.7. The van der Waals surface area contributed by atoms with E-state index in [0.29, 0.717) is 17.8 Å². The molecular formula is C19H18N10. The summed E-state index contributed by atoms with van der Waals surface area (Å²) < 4.78 is 3.87. The van der Waals surface area contributed by atoms with Crippen molar-refractivity contribution in [2.45, 2.75) is 38.3 Å². The van der Waals surface area contributed by atoms with Gasteiger partial charge in [0, 0.05) is 30.8 Å². The lowest BCUT2D eigenvalue weighted by Gasteiger charge is -2.37. The van der Waals surface area contributed by atoms with Crippen LogP contribution in [0.1, 0.15) is 38.1 Å². The Kier molecular flexibility index (Phi) is 3.46. The lowest BCUT2D eigenvalue weighted by Crippen LogP contribution is -2.37. The van der Waals surface area contributed by atoms with Crippen molar-refractivity contribution in [2.24, 2.45) is 0 Å². The highest BCUT2D eigenvalue weighted by Gasteiger charge is 2.41. The summed E-state index contributed by atoms with van der Waals surface area (Å²) in [6, 6.07) is 0.640. The zero-order chi connectivity index (χ0) is 19.4. The van der Waals surface area contributed by atoms with Gasteiger partial charge >= 0.3 is 0 Å². The fourth-order valence-corrected chi connectivity index (χ4v) is 4.01. The highest BCUT2D eigenvalue weighted by Crippen LogP contribution is 2.44. The number of aromatic nitrogens is 9. The van der Waals surface area contributed by atoms with Crippen LogP contribution in [-0.2, 0) is 0 Å². The lowest BCUT2D eigenvalue weighted by atomic mass is 10.1. The first-order valence-electron chi connectivity index (χ1n) is 9.70. The van der Waals surface area contributed by atoms with E-state index in [1.54, 1.807) is 24.9 Å². The molecule has 10 nitrogen and oxygen atoms in total. The number of anilines is 1. The van der Waals surface area contributed by atoms with Crippen molar-refractivity contribution >= 4 is 5.82 Å². The van der Waals surface area contributed by atoms with Crippen molar-refractivity contribution in [3.05, 3.63) is 49.5 Å². The third kappa shape index (κ3) is 2.45. The molecule has 1 aliphatic carbocycles. The molecule has 1 atom stereocenters. The van der Waals surface area contributed by atoms with Crippen LogP contribution >= 0.6 is 0 Å². The van der Waals surface area contributed by atoms with E-state index < -0.39 is 0 Å². The summed E-state index contributed by atoms with van der Waals surface area (Å²) in [5.41, 5.74) is 1.72. The predicted molar refractivity (Wildman–Crippen MR) is 104 cm³/mol. The molecule has 29 heavy (non-hydrogen) atoms. The zero-order valence-corrected chi connectivity index (χ0v) is 15.8. The number of rotatable bonds is 4. The molecule has 1 fully saturated rings. The molecule has 0 saturated heterocycles. The SMILES string of the molecule is CC[C@@H]1c2nncn2-c2cnc(-n3ccnc3-c3cncnc3)nc2N1C1CC1. The van der Waals surface area contributed by atoms with Gasteiger partial charge in [-0.05, 0) is 19.3 Å². The quantitative estimate of drug-likeness (QED) is 0.525. The van der Waals surface area contributed by atoms with Crippen molar-refractivity contribution in [1.82, 2.24) is 44.3 Å². The third-order valence-electron chi connectivity index (χ3n) is 5.45. The molecule has 2 aliphatic rings. The van der Waals surface area contributed by atoms with Crippen LogP contribution in [0.4, 0.5) is 5.82 Å². The minimum atomic E-state index is 0.157. The standard InChI is InChI=1S/C19H18N10/c1-2-14-18-26-24-11-28(18)15-9-23-19(25-17(15)29(14)13-3-4-13)27-6-5-22-16(27)12-7-20-10-21-8-12/h5-11,13-14H,2-4H2,1H3/t14-/m1/s1. The molecule has 1 aliphatic heterocycles. The van der Waals surface area contributed by atoms with Crippen LogP contribution in [0.2, 0.25) is 0 Å². The molecule has 0 bridgehead atoms. The molecule has 6 rings (SSSR count). The second-order valence-electron chi connectivity index (χ2n) is 7.25. The average Bonchev–Trinajstić information content (AvgIpc) is 3.27. The van der Waals surface area contributed by atoms with Crippen molar-refractivity contribution in [3.63, 3.8) is 0 Å². The van der Waals surface area contributed by atoms with E-state index in [1.807, 2.05) is 21.5 Å².